The van der Waals surface area contributed by atoms with Crippen LogP contribution in [0.15, 0.2) is 58.1 Å². The maximum Gasteiger partial charge on any atom is 0.259 e. The summed E-state index contributed by atoms with van der Waals surface area (Å²) in [5.74, 6) is 2.05. The summed E-state index contributed by atoms with van der Waals surface area (Å²) in [6.45, 7) is 2.77. The van der Waals surface area contributed by atoms with Crippen LogP contribution in [0.1, 0.15) is 18.1 Å². The normalized spacial score (nSPS) is 12.0. The van der Waals surface area contributed by atoms with Crippen LogP contribution in [0, 0.1) is 0 Å². The Morgan fingerprint density at radius 1 is 1.11 bits per heavy atom. The molecule has 11 heteroatoms. The molecular weight excluding hydrogens is 573 g/mol. The van der Waals surface area contributed by atoms with Crippen LogP contribution >= 0.6 is 39.1 Å². The minimum absolute atomic E-state index is 0.0326. The molecule has 3 aromatic rings. The third kappa shape index (κ3) is 6.75. The first kappa shape index (κ1) is 25.9. The third-order valence-electron chi connectivity index (χ3n) is 4.95. The predicted molar refractivity (Wildman–Crippen MR) is 143 cm³/mol. The second kappa shape index (κ2) is 12.2. The number of amides is 1. The van der Waals surface area contributed by atoms with Crippen LogP contribution in [0.2, 0.25) is 10.0 Å². The molecule has 8 nitrogen and oxygen atoms in total. The standard InChI is InChI=1S/C25H22BrCl2N3O5/c1-2-33-23-8-15(7-19(26)25(23)34-13-16-3-4-17(27)9-20(16)28)11-30-31-24(32)12-29-18-5-6-21-22(10-18)36-14-35-21/h3-11,29H,2,12-14H2,1H3,(H,31,32)/b30-11+. The summed E-state index contributed by atoms with van der Waals surface area (Å²) >= 11 is 15.7. The van der Waals surface area contributed by atoms with Crippen LogP contribution in [0.25, 0.3) is 0 Å². The van der Waals surface area contributed by atoms with E-state index in [4.69, 9.17) is 42.1 Å². The molecular formula is C25H22BrCl2N3O5. The minimum Gasteiger partial charge on any atom is -0.490 e. The summed E-state index contributed by atoms with van der Waals surface area (Å²) in [7, 11) is 0. The van der Waals surface area contributed by atoms with Gasteiger partial charge in [0.25, 0.3) is 5.91 Å². The highest BCUT2D eigenvalue weighted by atomic mass is 79.9. The predicted octanol–water partition coefficient (Wildman–Crippen LogP) is 6.02. The summed E-state index contributed by atoms with van der Waals surface area (Å²) in [5, 5.41) is 8.13. The zero-order valence-corrected chi connectivity index (χ0v) is 22.2. The van der Waals surface area contributed by atoms with Gasteiger partial charge in [-0.2, -0.15) is 5.10 Å². The van der Waals surface area contributed by atoms with Crippen LogP contribution in [0.3, 0.4) is 0 Å². The molecule has 0 aromatic heterocycles. The first-order chi connectivity index (χ1) is 17.4. The summed E-state index contributed by atoms with van der Waals surface area (Å²) in [5.41, 5.74) is 4.72. The second-order valence-corrected chi connectivity index (χ2v) is 9.20. The lowest BCUT2D eigenvalue weighted by Gasteiger charge is -2.15. The van der Waals surface area contributed by atoms with Gasteiger partial charge in [0.2, 0.25) is 6.79 Å². The Balaban J connectivity index is 1.35. The summed E-state index contributed by atoms with van der Waals surface area (Å²) < 4.78 is 23.0. The molecule has 0 radical (unpaired) electrons. The number of halogens is 3. The van der Waals surface area contributed by atoms with Crippen molar-refractivity contribution < 1.29 is 23.7 Å². The van der Waals surface area contributed by atoms with E-state index in [2.05, 4.69) is 31.8 Å². The van der Waals surface area contributed by atoms with Crippen molar-refractivity contribution in [3.8, 4) is 23.0 Å². The highest BCUT2D eigenvalue weighted by molar-refractivity contribution is 9.10. The number of carbonyl (C=O) groups is 1. The maximum absolute atomic E-state index is 12.2. The molecule has 0 bridgehead atoms. The summed E-state index contributed by atoms with van der Waals surface area (Å²) in [6.07, 6.45) is 1.52. The number of fused-ring (bicyclic) bond motifs is 1. The lowest BCUT2D eigenvalue weighted by Crippen LogP contribution is -2.25. The molecule has 36 heavy (non-hydrogen) atoms. The summed E-state index contributed by atoms with van der Waals surface area (Å²) in [4.78, 5) is 12.2. The molecule has 1 aliphatic rings. The highest BCUT2D eigenvalue weighted by Crippen LogP contribution is 2.38. The fourth-order valence-electron chi connectivity index (χ4n) is 3.26. The van der Waals surface area contributed by atoms with E-state index in [1.54, 1.807) is 36.4 Å². The first-order valence-electron chi connectivity index (χ1n) is 10.9. The Kier molecular flexibility index (Phi) is 8.79. The molecule has 1 aliphatic heterocycles. The lowest BCUT2D eigenvalue weighted by atomic mass is 10.2. The molecule has 3 aromatic carbocycles. The number of hydrazone groups is 1. The van der Waals surface area contributed by atoms with E-state index in [1.165, 1.54) is 6.21 Å². The number of anilines is 1. The number of benzene rings is 3. The van der Waals surface area contributed by atoms with Crippen LogP contribution < -0.4 is 29.7 Å². The topological polar surface area (TPSA) is 90.4 Å². The fraction of sp³-hybridized carbons (Fsp3) is 0.200. The van der Waals surface area contributed by atoms with Gasteiger partial charge < -0.3 is 24.3 Å². The SMILES string of the molecule is CCOc1cc(/C=N/NC(=O)CNc2ccc3c(c2)OCO3)cc(Br)c1OCc1ccc(Cl)cc1Cl. The fourth-order valence-corrected chi connectivity index (χ4v) is 4.30. The Morgan fingerprint density at radius 3 is 2.75 bits per heavy atom. The van der Waals surface area contributed by atoms with Gasteiger partial charge in [0, 0.05) is 27.4 Å². The Morgan fingerprint density at radius 2 is 1.94 bits per heavy atom. The maximum atomic E-state index is 12.2. The van der Waals surface area contributed by atoms with Gasteiger partial charge in [-0.3, -0.25) is 4.79 Å². The smallest absolute Gasteiger partial charge is 0.259 e. The van der Waals surface area contributed by atoms with E-state index < -0.39 is 0 Å². The number of rotatable bonds is 10. The lowest BCUT2D eigenvalue weighted by molar-refractivity contribution is -0.119. The highest BCUT2D eigenvalue weighted by Gasteiger charge is 2.15. The van der Waals surface area contributed by atoms with E-state index in [9.17, 15) is 4.79 Å². The second-order valence-electron chi connectivity index (χ2n) is 7.50. The zero-order chi connectivity index (χ0) is 25.5. The molecule has 0 fully saturated rings. The average molecular weight is 595 g/mol. The minimum atomic E-state index is -0.312. The van der Waals surface area contributed by atoms with Crippen molar-refractivity contribution in [3.05, 3.63) is 74.2 Å². The number of carbonyl (C=O) groups excluding carboxylic acids is 1. The van der Waals surface area contributed by atoms with Gasteiger partial charge in [-0.15, -0.1) is 0 Å². The largest absolute Gasteiger partial charge is 0.490 e. The Hall–Kier alpha value is -3.14. The molecule has 1 amide bonds. The van der Waals surface area contributed by atoms with Crippen LogP contribution in [-0.4, -0.2) is 32.1 Å². The zero-order valence-electron chi connectivity index (χ0n) is 19.1. The van der Waals surface area contributed by atoms with E-state index >= 15 is 0 Å². The van der Waals surface area contributed by atoms with Crippen molar-refractivity contribution in [1.29, 1.82) is 0 Å². The Labute approximate surface area is 226 Å². The molecule has 1 heterocycles. The van der Waals surface area contributed by atoms with Crippen molar-refractivity contribution in [2.75, 3.05) is 25.3 Å². The monoisotopic (exact) mass is 593 g/mol. The van der Waals surface area contributed by atoms with Crippen molar-refractivity contribution in [2.24, 2.45) is 5.10 Å². The van der Waals surface area contributed by atoms with Gasteiger partial charge in [-0.1, -0.05) is 29.3 Å². The number of nitrogens with zero attached hydrogens (tertiary/aromatic N) is 1. The van der Waals surface area contributed by atoms with Crippen molar-refractivity contribution in [3.63, 3.8) is 0 Å². The molecule has 0 atom stereocenters. The molecule has 2 N–H and O–H groups in total. The van der Waals surface area contributed by atoms with E-state index in [0.29, 0.717) is 49.7 Å². The molecule has 0 spiro atoms. The van der Waals surface area contributed by atoms with Gasteiger partial charge >= 0.3 is 0 Å². The first-order valence-corrected chi connectivity index (χ1v) is 12.5. The van der Waals surface area contributed by atoms with E-state index in [1.807, 2.05) is 19.1 Å². The molecule has 0 aliphatic carbocycles. The van der Waals surface area contributed by atoms with Gasteiger partial charge in [0.15, 0.2) is 23.0 Å². The van der Waals surface area contributed by atoms with Crippen molar-refractivity contribution in [2.45, 2.75) is 13.5 Å². The van der Waals surface area contributed by atoms with E-state index in [-0.39, 0.29) is 25.9 Å². The van der Waals surface area contributed by atoms with Crippen LogP contribution in [0.5, 0.6) is 23.0 Å². The average Bonchev–Trinajstić information content (AvgIpc) is 3.31. The summed E-state index contributed by atoms with van der Waals surface area (Å²) in [6, 6.07) is 14.2. The molecule has 188 valence electrons. The van der Waals surface area contributed by atoms with Crippen molar-refractivity contribution >= 4 is 56.9 Å². The number of hydrogen-bond donors (Lipinski definition) is 2. The van der Waals surface area contributed by atoms with E-state index in [0.717, 1.165) is 11.3 Å². The van der Waals surface area contributed by atoms with Gasteiger partial charge in [-0.25, -0.2) is 5.43 Å². The molecule has 4 rings (SSSR count). The number of ether oxygens (including phenoxy) is 4. The van der Waals surface area contributed by atoms with Crippen molar-refractivity contribution in [1.82, 2.24) is 5.43 Å². The van der Waals surface area contributed by atoms with Crippen LogP contribution in [-0.2, 0) is 11.4 Å². The number of hydrogen-bond acceptors (Lipinski definition) is 7. The van der Waals surface area contributed by atoms with Gasteiger partial charge in [-0.05, 0) is 64.8 Å². The Bertz CT molecular complexity index is 1290. The van der Waals surface area contributed by atoms with Gasteiger partial charge in [0.1, 0.15) is 6.61 Å². The quantitative estimate of drug-likeness (QED) is 0.220. The molecule has 0 saturated carbocycles. The van der Waals surface area contributed by atoms with Gasteiger partial charge in [0.05, 0.1) is 23.8 Å². The molecule has 0 saturated heterocycles. The third-order valence-corrected chi connectivity index (χ3v) is 6.12. The van der Waals surface area contributed by atoms with Crippen LogP contribution in [0.4, 0.5) is 5.69 Å². The number of nitrogens with one attached hydrogen (secondary N) is 2. The molecule has 0 unspecified atom stereocenters.